The summed E-state index contributed by atoms with van der Waals surface area (Å²) in [5.74, 6) is 0. The Kier molecular flexibility index (Phi) is 2.93. The second-order valence-electron chi connectivity index (χ2n) is 4.05. The third-order valence-electron chi connectivity index (χ3n) is 2.77. The highest BCUT2D eigenvalue weighted by Gasteiger charge is 2.09. The molecule has 94 valence electrons. The van der Waals surface area contributed by atoms with E-state index in [1.165, 1.54) is 4.68 Å². The van der Waals surface area contributed by atoms with Gasteiger partial charge in [-0.2, -0.15) is 9.78 Å². The lowest BCUT2D eigenvalue weighted by molar-refractivity contribution is 0.252. The summed E-state index contributed by atoms with van der Waals surface area (Å²) in [6.07, 6.45) is 1.66. The molecule has 19 heavy (non-hydrogen) atoms. The van der Waals surface area contributed by atoms with Crippen molar-refractivity contribution in [3.05, 3.63) is 59.8 Å². The Bertz CT molecular complexity index is 734. The number of nitrogens with zero attached hydrogens (tertiary/aromatic N) is 2. The van der Waals surface area contributed by atoms with Crippen LogP contribution in [0.25, 0.3) is 10.9 Å². The van der Waals surface area contributed by atoms with Crippen LogP contribution in [0.5, 0.6) is 0 Å². The molecule has 4 nitrogen and oxygen atoms in total. The van der Waals surface area contributed by atoms with Gasteiger partial charge in [0.1, 0.15) is 0 Å². The standard InChI is InChI=1S/C14H10ClN3O/c15-11-5-7-12(8-6-11)17-14(19)18-13-4-2-1-3-10(13)9-16-18/h1-9H,(H,17,19). The van der Waals surface area contributed by atoms with Gasteiger partial charge in [0, 0.05) is 16.1 Å². The van der Waals surface area contributed by atoms with E-state index in [-0.39, 0.29) is 6.03 Å². The van der Waals surface area contributed by atoms with Crippen molar-refractivity contribution in [1.29, 1.82) is 0 Å². The van der Waals surface area contributed by atoms with Gasteiger partial charge in [0.15, 0.2) is 0 Å². The zero-order valence-electron chi connectivity index (χ0n) is 9.88. The topological polar surface area (TPSA) is 46.9 Å². The predicted molar refractivity (Wildman–Crippen MR) is 75.6 cm³/mol. The summed E-state index contributed by atoms with van der Waals surface area (Å²) in [5, 5.41) is 8.41. The van der Waals surface area contributed by atoms with Crippen LogP contribution in [0, 0.1) is 0 Å². The Labute approximate surface area is 114 Å². The van der Waals surface area contributed by atoms with Crippen molar-refractivity contribution in [1.82, 2.24) is 9.78 Å². The fourth-order valence-corrected chi connectivity index (χ4v) is 1.97. The number of nitrogens with one attached hydrogen (secondary N) is 1. The molecule has 0 unspecified atom stereocenters. The van der Waals surface area contributed by atoms with Crippen LogP contribution in [-0.2, 0) is 0 Å². The molecule has 1 aromatic heterocycles. The van der Waals surface area contributed by atoms with Crippen molar-refractivity contribution in [2.75, 3.05) is 5.32 Å². The number of amides is 1. The van der Waals surface area contributed by atoms with Gasteiger partial charge in [0.2, 0.25) is 0 Å². The summed E-state index contributed by atoms with van der Waals surface area (Å²) in [6, 6.07) is 14.2. The first-order chi connectivity index (χ1) is 9.24. The summed E-state index contributed by atoms with van der Waals surface area (Å²) < 4.78 is 1.34. The Morgan fingerprint density at radius 2 is 1.84 bits per heavy atom. The lowest BCUT2D eigenvalue weighted by atomic mass is 10.3. The van der Waals surface area contributed by atoms with Crippen LogP contribution in [0.1, 0.15) is 0 Å². The maximum absolute atomic E-state index is 12.1. The Hall–Kier alpha value is -2.33. The first-order valence-corrected chi connectivity index (χ1v) is 6.11. The van der Waals surface area contributed by atoms with E-state index in [0.717, 1.165) is 10.9 Å². The number of anilines is 1. The van der Waals surface area contributed by atoms with Crippen LogP contribution < -0.4 is 5.32 Å². The molecule has 0 aliphatic rings. The Morgan fingerprint density at radius 3 is 2.63 bits per heavy atom. The minimum atomic E-state index is -0.302. The number of carbonyl (C=O) groups is 1. The number of rotatable bonds is 1. The molecule has 3 rings (SSSR count). The predicted octanol–water partition coefficient (Wildman–Crippen LogP) is 3.77. The van der Waals surface area contributed by atoms with Crippen LogP contribution in [0.2, 0.25) is 5.02 Å². The lowest BCUT2D eigenvalue weighted by Gasteiger charge is -2.05. The van der Waals surface area contributed by atoms with Crippen molar-refractivity contribution in [3.63, 3.8) is 0 Å². The van der Waals surface area contributed by atoms with E-state index in [2.05, 4.69) is 10.4 Å². The molecule has 0 spiro atoms. The van der Waals surface area contributed by atoms with E-state index < -0.39 is 0 Å². The number of hydrogen-bond donors (Lipinski definition) is 1. The number of para-hydroxylation sites is 1. The smallest absolute Gasteiger partial charge is 0.306 e. The molecule has 2 aromatic carbocycles. The third kappa shape index (κ3) is 2.30. The molecule has 1 heterocycles. The van der Waals surface area contributed by atoms with Gasteiger partial charge in [-0.1, -0.05) is 29.8 Å². The number of halogens is 1. The zero-order chi connectivity index (χ0) is 13.2. The van der Waals surface area contributed by atoms with Gasteiger partial charge in [-0.25, -0.2) is 4.79 Å². The molecule has 1 N–H and O–H groups in total. The molecular weight excluding hydrogens is 262 g/mol. The zero-order valence-corrected chi connectivity index (χ0v) is 10.6. The van der Waals surface area contributed by atoms with E-state index in [1.54, 1.807) is 30.5 Å². The highest BCUT2D eigenvalue weighted by Crippen LogP contribution is 2.16. The lowest BCUT2D eigenvalue weighted by Crippen LogP contribution is -2.20. The van der Waals surface area contributed by atoms with Crippen LogP contribution in [0.15, 0.2) is 54.7 Å². The van der Waals surface area contributed by atoms with E-state index in [4.69, 9.17) is 11.6 Å². The molecule has 0 fully saturated rings. The average Bonchev–Trinajstić information content (AvgIpc) is 2.85. The van der Waals surface area contributed by atoms with E-state index >= 15 is 0 Å². The van der Waals surface area contributed by atoms with Gasteiger partial charge in [-0.3, -0.25) is 0 Å². The van der Waals surface area contributed by atoms with Crippen LogP contribution in [0.4, 0.5) is 10.5 Å². The molecule has 0 saturated heterocycles. The SMILES string of the molecule is O=C(Nc1ccc(Cl)cc1)n1ncc2ccccc21. The number of fused-ring (bicyclic) bond motifs is 1. The van der Waals surface area contributed by atoms with Crippen molar-refractivity contribution >= 4 is 34.2 Å². The minimum Gasteiger partial charge on any atom is -0.306 e. The molecule has 0 aliphatic carbocycles. The molecule has 0 bridgehead atoms. The normalized spacial score (nSPS) is 10.6. The maximum atomic E-state index is 12.1. The first-order valence-electron chi connectivity index (χ1n) is 5.74. The third-order valence-corrected chi connectivity index (χ3v) is 3.02. The molecule has 5 heteroatoms. The second-order valence-corrected chi connectivity index (χ2v) is 4.49. The van der Waals surface area contributed by atoms with Crippen LogP contribution in [-0.4, -0.2) is 15.8 Å². The molecular formula is C14H10ClN3O. The fourth-order valence-electron chi connectivity index (χ4n) is 1.84. The van der Waals surface area contributed by atoms with Gasteiger partial charge >= 0.3 is 6.03 Å². The number of benzene rings is 2. The average molecular weight is 272 g/mol. The van der Waals surface area contributed by atoms with E-state index in [0.29, 0.717) is 10.7 Å². The fraction of sp³-hybridized carbons (Fsp3) is 0. The second kappa shape index (κ2) is 4.74. The van der Waals surface area contributed by atoms with Gasteiger partial charge < -0.3 is 5.32 Å². The van der Waals surface area contributed by atoms with Gasteiger partial charge in [0.05, 0.1) is 11.7 Å². The quantitative estimate of drug-likeness (QED) is 0.732. The van der Waals surface area contributed by atoms with Crippen LogP contribution >= 0.6 is 11.6 Å². The number of carbonyl (C=O) groups excluding carboxylic acids is 1. The van der Waals surface area contributed by atoms with Crippen LogP contribution in [0.3, 0.4) is 0 Å². The molecule has 3 aromatic rings. The maximum Gasteiger partial charge on any atom is 0.347 e. The molecule has 0 radical (unpaired) electrons. The minimum absolute atomic E-state index is 0.302. The molecule has 0 saturated carbocycles. The molecule has 0 aliphatic heterocycles. The van der Waals surface area contributed by atoms with Crippen molar-refractivity contribution < 1.29 is 4.79 Å². The number of aromatic nitrogens is 2. The highest BCUT2D eigenvalue weighted by atomic mass is 35.5. The Balaban J connectivity index is 1.90. The summed E-state index contributed by atoms with van der Waals surface area (Å²) >= 11 is 5.80. The monoisotopic (exact) mass is 271 g/mol. The highest BCUT2D eigenvalue weighted by molar-refractivity contribution is 6.30. The summed E-state index contributed by atoms with van der Waals surface area (Å²) in [7, 11) is 0. The molecule has 0 atom stereocenters. The number of hydrogen-bond acceptors (Lipinski definition) is 2. The van der Waals surface area contributed by atoms with Gasteiger partial charge in [-0.15, -0.1) is 0 Å². The van der Waals surface area contributed by atoms with Crippen molar-refractivity contribution in [2.24, 2.45) is 0 Å². The van der Waals surface area contributed by atoms with Gasteiger partial charge in [0.25, 0.3) is 0 Å². The van der Waals surface area contributed by atoms with Crippen molar-refractivity contribution in [2.45, 2.75) is 0 Å². The Morgan fingerprint density at radius 1 is 1.11 bits per heavy atom. The van der Waals surface area contributed by atoms with Gasteiger partial charge in [-0.05, 0) is 30.3 Å². The van der Waals surface area contributed by atoms with Crippen molar-refractivity contribution in [3.8, 4) is 0 Å². The summed E-state index contributed by atoms with van der Waals surface area (Å²) in [5.41, 5.74) is 1.45. The first kappa shape index (κ1) is 11.7. The largest absolute Gasteiger partial charge is 0.347 e. The summed E-state index contributed by atoms with van der Waals surface area (Å²) in [6.45, 7) is 0. The summed E-state index contributed by atoms with van der Waals surface area (Å²) in [4.78, 5) is 12.1. The van der Waals surface area contributed by atoms with E-state index in [1.807, 2.05) is 24.3 Å². The van der Waals surface area contributed by atoms with E-state index in [9.17, 15) is 4.79 Å². The molecule has 1 amide bonds.